The predicted molar refractivity (Wildman–Crippen MR) is 124 cm³/mol. The molecule has 1 fully saturated rings. The average Bonchev–Trinajstić information content (AvgIpc) is 2.83. The van der Waals surface area contributed by atoms with Crippen LogP contribution in [0.4, 0.5) is 5.69 Å². The Morgan fingerprint density at radius 2 is 1.39 bits per heavy atom. The standard InChI is InChI=1S/C26H27N3O2/c1-28-15-17-29(18-16-28)24-14-8-5-11-21(24)19-27-26(31)23-13-7-6-12-22(23)25(30)20-9-3-2-4-10-20/h2-14H,15-19H2,1H3,(H,27,31). The second-order valence-electron chi connectivity index (χ2n) is 7.84. The van der Waals surface area contributed by atoms with Crippen molar-refractivity contribution in [3.8, 4) is 0 Å². The molecule has 0 spiro atoms. The van der Waals surface area contributed by atoms with Gasteiger partial charge in [0.05, 0.1) is 5.56 Å². The van der Waals surface area contributed by atoms with E-state index in [4.69, 9.17) is 0 Å². The quantitative estimate of drug-likeness (QED) is 0.628. The molecule has 3 aromatic carbocycles. The van der Waals surface area contributed by atoms with Crippen LogP contribution in [0.15, 0.2) is 78.9 Å². The molecule has 1 amide bonds. The molecule has 0 atom stereocenters. The van der Waals surface area contributed by atoms with Crippen molar-refractivity contribution in [3.05, 3.63) is 101 Å². The molecule has 0 aliphatic carbocycles. The van der Waals surface area contributed by atoms with Crippen molar-refractivity contribution in [3.63, 3.8) is 0 Å². The number of para-hydroxylation sites is 1. The van der Waals surface area contributed by atoms with Crippen LogP contribution in [-0.2, 0) is 6.54 Å². The number of hydrogen-bond donors (Lipinski definition) is 1. The van der Waals surface area contributed by atoms with Crippen molar-refractivity contribution in [1.29, 1.82) is 0 Å². The summed E-state index contributed by atoms with van der Waals surface area (Å²) in [5.41, 5.74) is 3.62. The lowest BCUT2D eigenvalue weighted by molar-refractivity contribution is 0.0939. The maximum Gasteiger partial charge on any atom is 0.252 e. The summed E-state index contributed by atoms with van der Waals surface area (Å²) in [6.07, 6.45) is 0. The number of likely N-dealkylation sites (N-methyl/N-ethyl adjacent to an activating group) is 1. The summed E-state index contributed by atoms with van der Waals surface area (Å²) in [5, 5.41) is 3.02. The minimum Gasteiger partial charge on any atom is -0.369 e. The van der Waals surface area contributed by atoms with E-state index < -0.39 is 0 Å². The molecule has 158 valence electrons. The Morgan fingerprint density at radius 1 is 0.774 bits per heavy atom. The summed E-state index contributed by atoms with van der Waals surface area (Å²) in [6.45, 7) is 4.40. The third kappa shape index (κ3) is 4.84. The molecule has 0 radical (unpaired) electrons. The summed E-state index contributed by atoms with van der Waals surface area (Å²) >= 11 is 0. The third-order valence-corrected chi connectivity index (χ3v) is 5.73. The second-order valence-corrected chi connectivity index (χ2v) is 7.84. The summed E-state index contributed by atoms with van der Waals surface area (Å²) < 4.78 is 0. The van der Waals surface area contributed by atoms with Crippen molar-refractivity contribution < 1.29 is 9.59 Å². The SMILES string of the molecule is CN1CCN(c2ccccc2CNC(=O)c2ccccc2C(=O)c2ccccc2)CC1. The minimum atomic E-state index is -0.243. The van der Waals surface area contributed by atoms with E-state index in [2.05, 4.69) is 34.3 Å². The Hall–Kier alpha value is -3.44. The molecule has 1 aliphatic rings. The number of piperazine rings is 1. The predicted octanol–water partition coefficient (Wildman–Crippen LogP) is 3.60. The van der Waals surface area contributed by atoms with Crippen LogP contribution < -0.4 is 10.2 Å². The maximum atomic E-state index is 13.0. The van der Waals surface area contributed by atoms with Gasteiger partial charge in [0, 0.05) is 49.5 Å². The maximum absolute atomic E-state index is 13.0. The number of nitrogens with zero attached hydrogens (tertiary/aromatic N) is 2. The Labute approximate surface area is 183 Å². The highest BCUT2D eigenvalue weighted by Crippen LogP contribution is 2.22. The third-order valence-electron chi connectivity index (χ3n) is 5.73. The smallest absolute Gasteiger partial charge is 0.252 e. The molecule has 0 bridgehead atoms. The number of benzene rings is 3. The molecule has 1 saturated heterocycles. The molecule has 1 aliphatic heterocycles. The van der Waals surface area contributed by atoms with Gasteiger partial charge in [-0.3, -0.25) is 9.59 Å². The molecule has 1 heterocycles. The second kappa shape index (κ2) is 9.58. The van der Waals surface area contributed by atoms with Gasteiger partial charge in [0.25, 0.3) is 5.91 Å². The van der Waals surface area contributed by atoms with Crippen LogP contribution in [0, 0.1) is 0 Å². The lowest BCUT2D eigenvalue weighted by atomic mass is 9.98. The van der Waals surface area contributed by atoms with Crippen molar-refractivity contribution in [2.24, 2.45) is 0 Å². The monoisotopic (exact) mass is 413 g/mol. The van der Waals surface area contributed by atoms with E-state index in [1.807, 2.05) is 30.3 Å². The van der Waals surface area contributed by atoms with E-state index in [9.17, 15) is 9.59 Å². The number of carbonyl (C=O) groups excluding carboxylic acids is 2. The topological polar surface area (TPSA) is 52.6 Å². The van der Waals surface area contributed by atoms with Crippen molar-refractivity contribution >= 4 is 17.4 Å². The molecule has 5 nitrogen and oxygen atoms in total. The molecule has 4 rings (SSSR count). The Morgan fingerprint density at radius 3 is 2.13 bits per heavy atom. The molecule has 5 heteroatoms. The lowest BCUT2D eigenvalue weighted by Crippen LogP contribution is -2.45. The average molecular weight is 414 g/mol. The van der Waals surface area contributed by atoms with Crippen LogP contribution in [0.25, 0.3) is 0 Å². The summed E-state index contributed by atoms with van der Waals surface area (Å²) in [6, 6.07) is 24.2. The van der Waals surface area contributed by atoms with E-state index in [-0.39, 0.29) is 11.7 Å². The fourth-order valence-corrected chi connectivity index (χ4v) is 3.91. The molecule has 0 saturated carbocycles. The number of ketones is 1. The van der Waals surface area contributed by atoms with E-state index in [1.165, 1.54) is 0 Å². The highest BCUT2D eigenvalue weighted by molar-refractivity contribution is 6.15. The van der Waals surface area contributed by atoms with Crippen LogP contribution >= 0.6 is 0 Å². The van der Waals surface area contributed by atoms with Crippen LogP contribution in [0.3, 0.4) is 0 Å². The largest absolute Gasteiger partial charge is 0.369 e. The van der Waals surface area contributed by atoms with Gasteiger partial charge >= 0.3 is 0 Å². The van der Waals surface area contributed by atoms with Gasteiger partial charge in [0.2, 0.25) is 0 Å². The zero-order valence-electron chi connectivity index (χ0n) is 17.8. The first-order valence-corrected chi connectivity index (χ1v) is 10.6. The first kappa shape index (κ1) is 20.8. The number of carbonyl (C=O) groups is 2. The van der Waals surface area contributed by atoms with Gasteiger partial charge in [-0.1, -0.05) is 66.7 Å². The number of rotatable bonds is 6. The Bertz CT molecular complexity index is 1060. The first-order valence-electron chi connectivity index (χ1n) is 10.6. The Balaban J connectivity index is 1.50. The minimum absolute atomic E-state index is 0.149. The zero-order chi connectivity index (χ0) is 21.6. The van der Waals surface area contributed by atoms with Gasteiger partial charge in [-0.2, -0.15) is 0 Å². The van der Waals surface area contributed by atoms with Gasteiger partial charge < -0.3 is 15.1 Å². The van der Waals surface area contributed by atoms with E-state index in [1.54, 1.807) is 36.4 Å². The van der Waals surface area contributed by atoms with Crippen LogP contribution in [0.1, 0.15) is 31.8 Å². The highest BCUT2D eigenvalue weighted by Gasteiger charge is 2.19. The summed E-state index contributed by atoms with van der Waals surface area (Å²) in [4.78, 5) is 30.7. The fraction of sp³-hybridized carbons (Fsp3) is 0.231. The highest BCUT2D eigenvalue weighted by atomic mass is 16.2. The molecule has 3 aromatic rings. The summed E-state index contributed by atoms with van der Waals surface area (Å²) in [5.74, 6) is -0.391. The van der Waals surface area contributed by atoms with Crippen molar-refractivity contribution in [2.45, 2.75) is 6.54 Å². The van der Waals surface area contributed by atoms with Gasteiger partial charge in [0.15, 0.2) is 5.78 Å². The van der Waals surface area contributed by atoms with E-state index >= 15 is 0 Å². The Kier molecular flexibility index (Phi) is 6.43. The van der Waals surface area contributed by atoms with Crippen molar-refractivity contribution in [2.75, 3.05) is 38.1 Å². The van der Waals surface area contributed by atoms with Gasteiger partial charge in [-0.15, -0.1) is 0 Å². The normalized spacial score (nSPS) is 14.3. The number of anilines is 1. The number of hydrogen-bond acceptors (Lipinski definition) is 4. The molecule has 0 unspecified atom stereocenters. The zero-order valence-corrected chi connectivity index (χ0v) is 17.8. The van der Waals surface area contributed by atoms with Crippen LogP contribution in [0.2, 0.25) is 0 Å². The van der Waals surface area contributed by atoms with Crippen LogP contribution in [-0.4, -0.2) is 49.8 Å². The van der Waals surface area contributed by atoms with Gasteiger partial charge in [-0.25, -0.2) is 0 Å². The van der Waals surface area contributed by atoms with E-state index in [0.29, 0.717) is 23.2 Å². The van der Waals surface area contributed by atoms with E-state index in [0.717, 1.165) is 37.4 Å². The molecule has 31 heavy (non-hydrogen) atoms. The number of amides is 1. The fourth-order valence-electron chi connectivity index (χ4n) is 3.91. The molecule has 0 aromatic heterocycles. The lowest BCUT2D eigenvalue weighted by Gasteiger charge is -2.35. The van der Waals surface area contributed by atoms with Crippen molar-refractivity contribution in [1.82, 2.24) is 10.2 Å². The van der Waals surface area contributed by atoms with Gasteiger partial charge in [-0.05, 0) is 24.7 Å². The first-order chi connectivity index (χ1) is 15.1. The molecular formula is C26H27N3O2. The van der Waals surface area contributed by atoms with Gasteiger partial charge in [0.1, 0.15) is 0 Å². The molecule has 1 N–H and O–H groups in total. The molecular weight excluding hydrogens is 386 g/mol. The summed E-state index contributed by atoms with van der Waals surface area (Å²) in [7, 11) is 2.14. The number of nitrogens with one attached hydrogen (secondary N) is 1. The van der Waals surface area contributed by atoms with Crippen LogP contribution in [0.5, 0.6) is 0 Å².